The summed E-state index contributed by atoms with van der Waals surface area (Å²) >= 11 is 0. The molecule has 2 amide bonds. The number of benzene rings is 1. The molecule has 4 heterocycles. The molecule has 12 heteroatoms. The fraction of sp³-hybridized carbons (Fsp3) is 0.375. The zero-order valence-corrected chi connectivity index (χ0v) is 19.5. The van der Waals surface area contributed by atoms with Crippen LogP contribution in [0.3, 0.4) is 0 Å². The lowest BCUT2D eigenvalue weighted by Crippen LogP contribution is -2.29. The van der Waals surface area contributed by atoms with E-state index in [2.05, 4.69) is 25.6 Å². The van der Waals surface area contributed by atoms with E-state index in [0.717, 1.165) is 5.56 Å². The number of hydrogen-bond acceptors (Lipinski definition) is 8. The number of nitrogens with zero attached hydrogens (tertiary/aromatic N) is 4. The molecule has 3 unspecified atom stereocenters. The van der Waals surface area contributed by atoms with Gasteiger partial charge in [0.15, 0.2) is 29.5 Å². The fourth-order valence-electron chi connectivity index (χ4n) is 4.37. The predicted molar refractivity (Wildman–Crippen MR) is 128 cm³/mol. The number of urea groups is 1. The number of ether oxygens (including phenoxy) is 3. The first-order valence-electron chi connectivity index (χ1n) is 11.7. The maximum Gasteiger partial charge on any atom is 0.320 e. The number of hydrogen-bond donors (Lipinski definition) is 3. The Hall–Kier alpha value is -3.87. The van der Waals surface area contributed by atoms with Crippen molar-refractivity contribution in [1.29, 1.82) is 0 Å². The highest BCUT2D eigenvalue weighted by molar-refractivity contribution is 5.95. The lowest BCUT2D eigenvalue weighted by molar-refractivity contribution is -0.141. The van der Waals surface area contributed by atoms with Crippen molar-refractivity contribution in [3.05, 3.63) is 54.6 Å². The summed E-state index contributed by atoms with van der Waals surface area (Å²) in [7, 11) is 0. The summed E-state index contributed by atoms with van der Waals surface area (Å²) in [4.78, 5) is 36.1. The van der Waals surface area contributed by atoms with Crippen LogP contribution in [-0.2, 0) is 19.0 Å². The molecule has 2 aromatic heterocycles. The van der Waals surface area contributed by atoms with Gasteiger partial charge in [-0.3, -0.25) is 14.7 Å². The molecule has 2 saturated heterocycles. The number of aromatic nitrogens is 4. The van der Waals surface area contributed by atoms with Crippen LogP contribution in [0.2, 0.25) is 0 Å². The molecule has 0 saturated carbocycles. The molecule has 12 nitrogen and oxygen atoms in total. The lowest BCUT2D eigenvalue weighted by Gasteiger charge is -2.20. The normalized spacial score (nSPS) is 25.3. The number of carbonyl (C=O) groups excluding carboxylic acids is 1. The molecule has 0 bridgehead atoms. The van der Waals surface area contributed by atoms with Crippen molar-refractivity contribution in [3.8, 4) is 0 Å². The molecule has 5 atom stereocenters. The van der Waals surface area contributed by atoms with Crippen LogP contribution in [0.25, 0.3) is 17.2 Å². The van der Waals surface area contributed by atoms with Crippen molar-refractivity contribution < 1.29 is 28.9 Å². The highest BCUT2D eigenvalue weighted by Crippen LogP contribution is 2.42. The number of nitrogens with one attached hydrogen (secondary N) is 2. The van der Waals surface area contributed by atoms with Gasteiger partial charge >= 0.3 is 12.0 Å². The third-order valence-electron chi connectivity index (χ3n) is 5.96. The number of imidazole rings is 1. The number of carbonyl (C=O) groups is 2. The maximum atomic E-state index is 12.0. The number of carboxylic acids is 1. The van der Waals surface area contributed by atoms with Crippen LogP contribution in [0.15, 0.2) is 49.1 Å². The Balaban J connectivity index is 1.41. The van der Waals surface area contributed by atoms with Gasteiger partial charge in [0.25, 0.3) is 0 Å². The first-order valence-corrected chi connectivity index (χ1v) is 11.7. The number of carboxylic acid groups (broad SMARTS) is 1. The second kappa shape index (κ2) is 10.4. The Labute approximate surface area is 206 Å². The van der Waals surface area contributed by atoms with Crippen LogP contribution < -0.4 is 10.6 Å². The number of aliphatic carboxylic acids is 1. The fourth-order valence-corrected chi connectivity index (χ4v) is 4.37. The third kappa shape index (κ3) is 4.91. The summed E-state index contributed by atoms with van der Waals surface area (Å²) in [6.45, 7) is 2.27. The SMILES string of the molecule is CCNC(=O)Nc1ncnc2c1ncn2C1OC(CCC(=O)O)[C@H]2O[C@@H](C=Cc3ccccc3)OC12. The minimum absolute atomic E-state index is 0.0675. The Morgan fingerprint density at radius 3 is 2.69 bits per heavy atom. The summed E-state index contributed by atoms with van der Waals surface area (Å²) in [6.07, 6.45) is 3.99. The Kier molecular flexibility index (Phi) is 6.89. The second-order valence-electron chi connectivity index (χ2n) is 8.37. The average molecular weight is 495 g/mol. The van der Waals surface area contributed by atoms with Crippen LogP contribution >= 0.6 is 0 Å². The van der Waals surface area contributed by atoms with Gasteiger partial charge in [-0.25, -0.2) is 19.7 Å². The minimum atomic E-state index is -0.917. The lowest BCUT2D eigenvalue weighted by atomic mass is 10.1. The van der Waals surface area contributed by atoms with Gasteiger partial charge < -0.3 is 24.6 Å². The summed E-state index contributed by atoms with van der Waals surface area (Å²) in [5.41, 5.74) is 1.82. The maximum absolute atomic E-state index is 12.0. The van der Waals surface area contributed by atoms with Gasteiger partial charge in [-0.2, -0.15) is 0 Å². The van der Waals surface area contributed by atoms with E-state index in [4.69, 9.17) is 14.2 Å². The molecular formula is C24H26N6O6. The zero-order valence-electron chi connectivity index (χ0n) is 19.5. The molecule has 0 spiro atoms. The zero-order chi connectivity index (χ0) is 25.1. The molecule has 36 heavy (non-hydrogen) atoms. The molecule has 3 aromatic rings. The van der Waals surface area contributed by atoms with Gasteiger partial charge in [0.05, 0.1) is 12.4 Å². The summed E-state index contributed by atoms with van der Waals surface area (Å²) in [5.74, 6) is -0.658. The molecule has 188 valence electrons. The van der Waals surface area contributed by atoms with Crippen LogP contribution in [0.1, 0.15) is 31.6 Å². The van der Waals surface area contributed by atoms with Gasteiger partial charge in [-0.05, 0) is 25.0 Å². The van der Waals surface area contributed by atoms with Gasteiger partial charge in [0.1, 0.15) is 18.5 Å². The second-order valence-corrected chi connectivity index (χ2v) is 8.37. The minimum Gasteiger partial charge on any atom is -0.481 e. The number of fused-ring (bicyclic) bond motifs is 2. The molecule has 1 aromatic carbocycles. The van der Waals surface area contributed by atoms with Gasteiger partial charge in [0.2, 0.25) is 0 Å². The molecule has 2 fully saturated rings. The molecule has 5 rings (SSSR count). The first-order chi connectivity index (χ1) is 17.5. The molecule has 0 aliphatic carbocycles. The molecule has 3 N–H and O–H groups in total. The van der Waals surface area contributed by atoms with E-state index in [1.807, 2.05) is 49.4 Å². The Bertz CT molecular complexity index is 1260. The first kappa shape index (κ1) is 23.9. The number of anilines is 1. The largest absolute Gasteiger partial charge is 0.481 e. The standard InChI is InChI=1S/C24H26N6O6/c1-2-25-24(33)29-21-18-22(27-12-26-21)30(13-28-18)23-20-19(15(34-23)9-10-16(31)32)35-17(36-20)11-8-14-6-4-3-5-7-14/h3-8,11-13,15,17,19-20,23H,2,9-10H2,1H3,(H,31,32)(H2,25,26,27,29,33)/t15?,17-,19-,20?,23?/m1/s1. The van der Waals surface area contributed by atoms with Gasteiger partial charge in [-0.15, -0.1) is 0 Å². The van der Waals surface area contributed by atoms with E-state index < -0.39 is 42.8 Å². The summed E-state index contributed by atoms with van der Waals surface area (Å²) in [6, 6.07) is 9.36. The van der Waals surface area contributed by atoms with E-state index in [9.17, 15) is 14.7 Å². The Morgan fingerprint density at radius 1 is 1.11 bits per heavy atom. The monoisotopic (exact) mass is 494 g/mol. The van der Waals surface area contributed by atoms with Crippen LogP contribution in [0.4, 0.5) is 10.6 Å². The van der Waals surface area contributed by atoms with Crippen LogP contribution in [0.5, 0.6) is 0 Å². The molecular weight excluding hydrogens is 468 g/mol. The Morgan fingerprint density at radius 2 is 1.92 bits per heavy atom. The van der Waals surface area contributed by atoms with Crippen molar-refractivity contribution in [2.24, 2.45) is 0 Å². The summed E-state index contributed by atoms with van der Waals surface area (Å²) < 4.78 is 20.3. The number of rotatable bonds is 8. The van der Waals surface area contributed by atoms with Crippen molar-refractivity contribution in [2.75, 3.05) is 11.9 Å². The van der Waals surface area contributed by atoms with Crippen LogP contribution in [-0.4, -0.2) is 67.8 Å². The van der Waals surface area contributed by atoms with Gasteiger partial charge in [-0.1, -0.05) is 36.4 Å². The molecule has 2 aliphatic heterocycles. The quantitative estimate of drug-likeness (QED) is 0.429. The highest BCUT2D eigenvalue weighted by atomic mass is 16.8. The van der Waals surface area contributed by atoms with E-state index in [1.54, 1.807) is 10.9 Å². The van der Waals surface area contributed by atoms with Crippen molar-refractivity contribution in [1.82, 2.24) is 24.8 Å². The smallest absolute Gasteiger partial charge is 0.320 e. The van der Waals surface area contributed by atoms with Crippen LogP contribution in [0, 0.1) is 0 Å². The number of amides is 2. The highest BCUT2D eigenvalue weighted by Gasteiger charge is 2.53. The van der Waals surface area contributed by atoms with Crippen molar-refractivity contribution in [2.45, 2.75) is 50.6 Å². The van der Waals surface area contributed by atoms with Crippen molar-refractivity contribution in [3.63, 3.8) is 0 Å². The van der Waals surface area contributed by atoms with Gasteiger partial charge in [0, 0.05) is 13.0 Å². The van der Waals surface area contributed by atoms with E-state index in [0.29, 0.717) is 17.7 Å². The molecule has 2 aliphatic rings. The van der Waals surface area contributed by atoms with E-state index >= 15 is 0 Å². The topological polar surface area (TPSA) is 150 Å². The average Bonchev–Trinajstić information content (AvgIpc) is 3.56. The third-order valence-corrected chi connectivity index (χ3v) is 5.96. The molecule has 0 radical (unpaired) electrons. The predicted octanol–water partition coefficient (Wildman–Crippen LogP) is 2.55. The van der Waals surface area contributed by atoms with E-state index in [-0.39, 0.29) is 18.7 Å². The van der Waals surface area contributed by atoms with E-state index in [1.165, 1.54) is 6.33 Å². The van der Waals surface area contributed by atoms with Crippen molar-refractivity contribution >= 4 is 35.1 Å². The summed E-state index contributed by atoms with van der Waals surface area (Å²) in [5, 5.41) is 14.5.